The van der Waals surface area contributed by atoms with Crippen LogP contribution in [0, 0.1) is 83.4 Å². The second kappa shape index (κ2) is 55.4. The van der Waals surface area contributed by atoms with Crippen LogP contribution in [0.3, 0.4) is 0 Å². The number of hydrogen-bond donors (Lipinski definition) is 2. The number of hydrogen-bond acceptors (Lipinski definition) is 27. The molecule has 0 aliphatic carbocycles. The molecule has 28 nitrogen and oxygen atoms in total. The zero-order valence-corrected chi connectivity index (χ0v) is 79.5. The number of carboxylic acid groups (broad SMARTS) is 1. The van der Waals surface area contributed by atoms with Crippen LogP contribution in [0.5, 0.6) is 0 Å². The van der Waals surface area contributed by atoms with Gasteiger partial charge in [-0.3, -0.25) is 4.79 Å². The molecule has 0 bridgehead atoms. The normalized spacial score (nSPS) is 10.3. The first-order valence-corrected chi connectivity index (χ1v) is 46.1. The SMILES string of the molecule is C#Cc1cccc(C(C)=NO)c1.C=CC(=O)O.C=COC(=O)CCCC#Cc1cccc(-c2noc(-c3cc(-c4nc(-c5cccc(C#CCCCOC(=O)C=C)c5)no4)cc(-c4nc(-c5cccc(C#CCCCOC(=O)C=C)c5)no4)c3)n2)c1.ClCCCC#Cc1cccc(-c2noc(-c3cc(-c4nc(-c5cccc(C#CCCCCl)c5)no4)cc(-c4nc(-c5cccc(C#CCCCCl)c5)no4)c3)n2)c1. The highest BCUT2D eigenvalue weighted by atomic mass is 35.5. The molecule has 0 saturated carbocycles. The number of carboxylic acids is 1. The summed E-state index contributed by atoms with van der Waals surface area (Å²) in [6.45, 7) is 15.4. The summed E-state index contributed by atoms with van der Waals surface area (Å²) in [5.74, 6) is 43.1. The molecule has 0 spiro atoms. The maximum absolute atomic E-state index is 11.6. The van der Waals surface area contributed by atoms with Gasteiger partial charge in [0.25, 0.3) is 35.3 Å². The summed E-state index contributed by atoms with van der Waals surface area (Å²) < 4.78 is 49.8. The van der Waals surface area contributed by atoms with Crippen molar-refractivity contribution in [2.24, 2.45) is 5.16 Å². The van der Waals surface area contributed by atoms with E-state index in [2.05, 4.69) is 139 Å². The van der Waals surface area contributed by atoms with Gasteiger partial charge in [0, 0.05) is 192 Å². The van der Waals surface area contributed by atoms with Gasteiger partial charge in [-0.25, -0.2) is 14.4 Å². The number of terminal acetylenes is 1. The minimum atomic E-state index is -0.981. The molecule has 2 N–H and O–H groups in total. The zero-order valence-electron chi connectivity index (χ0n) is 77.2. The van der Waals surface area contributed by atoms with Gasteiger partial charge in [-0.05, 0) is 167 Å². The van der Waals surface area contributed by atoms with Crippen LogP contribution in [0.2, 0.25) is 0 Å². The number of oxime groups is 1. The van der Waals surface area contributed by atoms with Crippen molar-refractivity contribution in [3.8, 4) is 220 Å². The van der Waals surface area contributed by atoms with Crippen molar-refractivity contribution in [2.75, 3.05) is 30.9 Å². The predicted molar refractivity (Wildman–Crippen MR) is 544 cm³/mol. The standard InChI is InChI=1S/C54H42N6O9.C45H33Cl3N6O3.C10H9NO.C3H4O2/c1-4-46(61)65-29-14-8-11-20-38-23-17-26-41(32-38)50-56-53(68-59-50)44-34-43(52-55-49(58-67-52)40-25-16-22-37(31-40)19-10-7-13-28-48(63)64-6-3)35-45(36-44)54-57-51(60-69-54)42-27-18-24-39(33-42)21-12-9-15-30-66-47(62)5-2;46-22-7-1-4-13-31-16-10-19-34(25-31)40-49-43(55-52-40)37-28-38(44-50-41(53-56-44)35-20-11-17-32(26-35)14-5-2-8-23-47)30-39(29-37)45-51-42(54-57-45)36-21-12-18-33(27-36)15-6-3-9-24-48;1-3-9-5-4-6-10(7-9)8(2)11-12;1-2-3(4)5/h4-6,16-18,22-27,31-36H,1-3,7-9,13-15,28-30H2;10-12,16-21,25-30H,1-3,7-9,22-24H2;1,4-7,12H,2H3;2H,1H2,(H,4,5). The topological polar surface area (TPSA) is 382 Å². The first-order chi connectivity index (χ1) is 69.9. The van der Waals surface area contributed by atoms with E-state index in [0.717, 1.165) is 124 Å². The van der Waals surface area contributed by atoms with Crippen LogP contribution >= 0.6 is 34.8 Å². The molecule has 15 aromatic rings. The van der Waals surface area contributed by atoms with Gasteiger partial charge in [-0.1, -0.05) is 224 Å². The first-order valence-electron chi connectivity index (χ1n) is 44.5. The van der Waals surface area contributed by atoms with E-state index in [1.807, 2.05) is 182 Å². The summed E-state index contributed by atoms with van der Waals surface area (Å²) >= 11 is 17.4. The van der Waals surface area contributed by atoms with Crippen LogP contribution < -0.4 is 0 Å². The van der Waals surface area contributed by atoms with Crippen LogP contribution in [0.4, 0.5) is 0 Å². The van der Waals surface area contributed by atoms with E-state index in [0.29, 0.717) is 147 Å². The molecule has 6 heterocycles. The van der Waals surface area contributed by atoms with Crippen molar-refractivity contribution < 1.29 is 70.8 Å². The average Bonchev–Trinajstić information content (AvgIpc) is 1.66. The van der Waals surface area contributed by atoms with E-state index in [9.17, 15) is 19.2 Å². The van der Waals surface area contributed by atoms with E-state index in [1.54, 1.807) is 31.2 Å². The van der Waals surface area contributed by atoms with E-state index in [1.165, 1.54) is 0 Å². The van der Waals surface area contributed by atoms with Gasteiger partial charge in [0.05, 0.1) is 25.2 Å². The lowest BCUT2D eigenvalue weighted by atomic mass is 10.0. The fourth-order valence-corrected chi connectivity index (χ4v) is 13.2. The van der Waals surface area contributed by atoms with Crippen molar-refractivity contribution >= 4 is 64.4 Å². The van der Waals surface area contributed by atoms with E-state index in [4.69, 9.17) is 123 Å². The Kier molecular flexibility index (Phi) is 40.2. The molecule has 0 unspecified atom stereocenters. The summed E-state index contributed by atoms with van der Waals surface area (Å²) in [5.41, 5.74) is 14.4. The Morgan fingerprint density at radius 2 is 0.608 bits per heavy atom. The lowest BCUT2D eigenvalue weighted by Crippen LogP contribution is -2.01. The predicted octanol–water partition coefficient (Wildman–Crippen LogP) is 22.8. The molecule has 0 aliphatic rings. The number of ether oxygens (including phenoxy) is 3. The molecule has 143 heavy (non-hydrogen) atoms. The van der Waals surface area contributed by atoms with Crippen molar-refractivity contribution in [1.29, 1.82) is 0 Å². The average molecular weight is 1960 g/mol. The third-order valence-electron chi connectivity index (χ3n) is 19.7. The van der Waals surface area contributed by atoms with E-state index < -0.39 is 17.9 Å². The number of halogens is 3. The van der Waals surface area contributed by atoms with Gasteiger partial charge >= 0.3 is 23.9 Å². The molecule has 0 atom stereocenters. The van der Waals surface area contributed by atoms with Gasteiger partial charge in [0.1, 0.15) is 0 Å². The highest BCUT2D eigenvalue weighted by molar-refractivity contribution is 6.18. The number of esters is 3. The molecule has 9 aromatic carbocycles. The molecule has 0 aliphatic heterocycles. The highest BCUT2D eigenvalue weighted by Crippen LogP contribution is 2.38. The molecule has 0 fully saturated rings. The summed E-state index contributed by atoms with van der Waals surface area (Å²) in [5, 5.41) is 44.9. The van der Waals surface area contributed by atoms with Gasteiger partial charge < -0.3 is 51.7 Å². The number of alkyl halides is 3. The summed E-state index contributed by atoms with van der Waals surface area (Å²) in [7, 11) is 0. The zero-order chi connectivity index (χ0) is 101. The second-order valence-electron chi connectivity index (χ2n) is 30.2. The van der Waals surface area contributed by atoms with Crippen molar-refractivity contribution in [3.63, 3.8) is 0 Å². The number of carbonyl (C=O) groups excluding carboxylic acids is 3. The molecular weight excluding hydrogens is 1870 g/mol. The van der Waals surface area contributed by atoms with E-state index >= 15 is 0 Å². The Labute approximate surface area is 839 Å². The number of carbonyl (C=O) groups is 4. The van der Waals surface area contributed by atoms with Gasteiger partial charge in [-0.15, -0.1) is 41.2 Å². The van der Waals surface area contributed by atoms with Crippen LogP contribution in [-0.2, 0) is 33.4 Å². The fourth-order valence-electron chi connectivity index (χ4n) is 12.8. The Bertz CT molecular complexity index is 7100. The number of rotatable bonds is 32. The van der Waals surface area contributed by atoms with Crippen molar-refractivity contribution in [2.45, 2.75) is 90.4 Å². The molecular formula is C112H88Cl3N13O15. The van der Waals surface area contributed by atoms with Crippen LogP contribution in [0.1, 0.15) is 135 Å². The Morgan fingerprint density at radius 3 is 0.846 bits per heavy atom. The van der Waals surface area contributed by atoms with Crippen molar-refractivity contribution in [3.05, 3.63) is 302 Å². The maximum atomic E-state index is 11.6. The summed E-state index contributed by atoms with van der Waals surface area (Å²) in [4.78, 5) is 71.9. The largest absolute Gasteiger partial charge is 0.478 e. The lowest BCUT2D eigenvalue weighted by Gasteiger charge is -2.02. The summed E-state index contributed by atoms with van der Waals surface area (Å²) in [6.07, 6.45) is 17.6. The molecule has 712 valence electrons. The number of unbranched alkanes of at least 4 members (excludes halogenated alkanes) is 6. The molecule has 15 rings (SSSR count). The summed E-state index contributed by atoms with van der Waals surface area (Å²) in [6, 6.07) is 63.4. The van der Waals surface area contributed by atoms with Crippen LogP contribution in [-0.4, -0.2) is 132 Å². The fraction of sp³-hybridized carbons (Fsp3) is 0.170. The smallest absolute Gasteiger partial charge is 0.330 e. The molecule has 0 radical (unpaired) electrons. The van der Waals surface area contributed by atoms with Gasteiger partial charge in [-0.2, -0.15) is 29.9 Å². The Hall–Kier alpha value is -18.1. The van der Waals surface area contributed by atoms with Crippen LogP contribution in [0.15, 0.2) is 289 Å². The number of aromatic nitrogens is 12. The van der Waals surface area contributed by atoms with Crippen LogP contribution in [0.25, 0.3) is 137 Å². The monoisotopic (exact) mass is 1960 g/mol. The molecule has 0 saturated heterocycles. The number of aliphatic carboxylic acids is 1. The number of benzene rings is 9. The lowest BCUT2D eigenvalue weighted by molar-refractivity contribution is -0.138. The van der Waals surface area contributed by atoms with E-state index in [-0.39, 0.29) is 60.9 Å². The Morgan fingerprint density at radius 1 is 0.357 bits per heavy atom. The first kappa shape index (κ1) is 104. The number of nitrogens with zero attached hydrogens (tertiary/aromatic N) is 13. The quantitative estimate of drug-likeness (QED) is 0.00378. The molecule has 31 heteroatoms. The molecule has 6 aromatic heterocycles. The third-order valence-corrected chi connectivity index (χ3v) is 20.5. The molecule has 0 amide bonds. The van der Waals surface area contributed by atoms with Gasteiger partial charge in [0.2, 0.25) is 34.9 Å². The maximum Gasteiger partial charge on any atom is 0.330 e. The minimum absolute atomic E-state index is 0.186. The van der Waals surface area contributed by atoms with Gasteiger partial charge in [0.15, 0.2) is 0 Å². The minimum Gasteiger partial charge on any atom is -0.478 e. The Balaban J connectivity index is 0.000000221. The third kappa shape index (κ3) is 32.3. The highest BCUT2D eigenvalue weighted by Gasteiger charge is 2.24. The second-order valence-corrected chi connectivity index (χ2v) is 31.4. The van der Waals surface area contributed by atoms with Crippen molar-refractivity contribution in [1.82, 2.24) is 60.8 Å².